The molecule has 2 aromatic heterocycles. The van der Waals surface area contributed by atoms with Gasteiger partial charge in [0.1, 0.15) is 0 Å². The molecule has 0 bridgehead atoms. The highest BCUT2D eigenvalue weighted by atomic mass is 32.1. The van der Waals surface area contributed by atoms with Gasteiger partial charge in [0.25, 0.3) is 0 Å². The number of hydrogen-bond acceptors (Lipinski definition) is 3. The molecule has 0 aliphatic heterocycles. The molecule has 0 amide bonds. The Morgan fingerprint density at radius 1 is 0.950 bits per heavy atom. The lowest BCUT2D eigenvalue weighted by molar-refractivity contribution is 0.300. The third-order valence-corrected chi connectivity index (χ3v) is 5.88. The lowest BCUT2D eigenvalue weighted by Gasteiger charge is -2.03. The fraction of sp³-hybridized carbons (Fsp3) is 0.625. The van der Waals surface area contributed by atoms with Crippen LogP contribution in [0.4, 0.5) is 4.39 Å². The van der Waals surface area contributed by atoms with Crippen molar-refractivity contribution < 1.29 is 9.13 Å². The molecule has 0 saturated heterocycles. The minimum atomic E-state index is -0.155. The van der Waals surface area contributed by atoms with Crippen LogP contribution in [0.3, 0.4) is 0 Å². The Morgan fingerprint density at radius 2 is 1.65 bits per heavy atom. The molecule has 0 saturated carbocycles. The number of hydrogen-bond donors (Lipinski definition) is 0. The molecule has 2 heterocycles. The third-order valence-electron chi connectivity index (χ3n) is 3.53. The summed E-state index contributed by atoms with van der Waals surface area (Å²) in [7, 11) is 0. The van der Waals surface area contributed by atoms with Crippen molar-refractivity contribution >= 4 is 32.8 Å². The Morgan fingerprint density at radius 3 is 2.35 bits per heavy atom. The summed E-state index contributed by atoms with van der Waals surface area (Å²) >= 11 is 3.12. The number of unbranched alkanes of at least 4 members (excludes halogenated alkanes) is 5. The topological polar surface area (TPSA) is 9.23 Å². The maximum Gasteiger partial charge on any atom is 0.211 e. The average Bonchev–Trinajstić information content (AvgIpc) is 2.88. The van der Waals surface area contributed by atoms with E-state index in [4.69, 9.17) is 4.74 Å². The van der Waals surface area contributed by atoms with Gasteiger partial charge in [0.05, 0.1) is 11.3 Å². The predicted octanol–water partition coefficient (Wildman–Crippen LogP) is 6.46. The molecule has 0 aromatic carbocycles. The molecule has 0 unspecified atom stereocenters. The molecule has 0 aliphatic rings. The highest BCUT2D eigenvalue weighted by Gasteiger charge is 2.18. The van der Waals surface area contributed by atoms with E-state index in [1.54, 1.807) is 11.3 Å². The van der Waals surface area contributed by atoms with Crippen molar-refractivity contribution in [2.75, 3.05) is 6.61 Å². The SMILES string of the molecule is CCCCCCCCOc1sc2c(C)sc(C)c2c1F. The van der Waals surface area contributed by atoms with Gasteiger partial charge >= 0.3 is 0 Å². The normalized spacial score (nSPS) is 11.4. The molecule has 1 nitrogen and oxygen atoms in total. The van der Waals surface area contributed by atoms with Gasteiger partial charge in [-0.2, -0.15) is 0 Å². The molecule has 0 fully saturated rings. The quantitative estimate of drug-likeness (QED) is 0.508. The summed E-state index contributed by atoms with van der Waals surface area (Å²) in [4.78, 5) is 2.25. The molecule has 4 heteroatoms. The third kappa shape index (κ3) is 3.53. The molecule has 2 rings (SSSR count). The lowest BCUT2D eigenvalue weighted by atomic mass is 10.1. The predicted molar refractivity (Wildman–Crippen MR) is 88.0 cm³/mol. The van der Waals surface area contributed by atoms with E-state index in [9.17, 15) is 4.39 Å². The Hall–Kier alpha value is -0.610. The van der Waals surface area contributed by atoms with Crippen molar-refractivity contribution in [3.05, 3.63) is 15.6 Å². The first-order chi connectivity index (χ1) is 9.65. The molecule has 2 aromatic rings. The monoisotopic (exact) mass is 314 g/mol. The van der Waals surface area contributed by atoms with Crippen LogP contribution in [0.15, 0.2) is 0 Å². The number of rotatable bonds is 8. The number of thiophene rings is 2. The summed E-state index contributed by atoms with van der Waals surface area (Å²) in [6.07, 6.45) is 7.35. The summed E-state index contributed by atoms with van der Waals surface area (Å²) in [5.74, 6) is -0.155. The van der Waals surface area contributed by atoms with Crippen molar-refractivity contribution in [3.63, 3.8) is 0 Å². The second kappa shape index (κ2) is 7.41. The Kier molecular flexibility index (Phi) is 5.85. The van der Waals surface area contributed by atoms with Gasteiger partial charge in [0.2, 0.25) is 5.06 Å². The van der Waals surface area contributed by atoms with Gasteiger partial charge in [-0.15, -0.1) is 11.3 Å². The van der Waals surface area contributed by atoms with Crippen LogP contribution in [0, 0.1) is 19.7 Å². The maximum absolute atomic E-state index is 14.3. The minimum Gasteiger partial charge on any atom is -0.482 e. The number of fused-ring (bicyclic) bond motifs is 1. The highest BCUT2D eigenvalue weighted by molar-refractivity contribution is 7.25. The van der Waals surface area contributed by atoms with Gasteiger partial charge in [-0.3, -0.25) is 0 Å². The molecule has 112 valence electrons. The van der Waals surface area contributed by atoms with Crippen molar-refractivity contribution in [2.24, 2.45) is 0 Å². The number of ether oxygens (including phenoxy) is 1. The molecule has 0 N–H and O–H groups in total. The summed E-state index contributed by atoms with van der Waals surface area (Å²) < 4.78 is 21.0. The van der Waals surface area contributed by atoms with Crippen molar-refractivity contribution in [1.29, 1.82) is 0 Å². The number of aryl methyl sites for hydroxylation is 2. The molecule has 20 heavy (non-hydrogen) atoms. The molecule has 0 atom stereocenters. The van der Waals surface area contributed by atoms with Gasteiger partial charge in [-0.05, 0) is 20.3 Å². The summed E-state index contributed by atoms with van der Waals surface area (Å²) in [6, 6.07) is 0. The molecular weight excluding hydrogens is 291 g/mol. The first-order valence-corrected chi connectivity index (χ1v) is 9.09. The van der Waals surface area contributed by atoms with Crippen molar-refractivity contribution in [2.45, 2.75) is 59.3 Å². The zero-order chi connectivity index (χ0) is 14.5. The maximum atomic E-state index is 14.3. The second-order valence-electron chi connectivity index (χ2n) is 5.24. The Balaban J connectivity index is 1.85. The fourth-order valence-corrected chi connectivity index (χ4v) is 4.69. The fourth-order valence-electron chi connectivity index (χ4n) is 2.42. The molecule has 0 spiro atoms. The van der Waals surface area contributed by atoms with Crippen LogP contribution in [-0.2, 0) is 0 Å². The van der Waals surface area contributed by atoms with Gasteiger partial charge < -0.3 is 4.74 Å². The Bertz CT molecular complexity index is 556. The van der Waals surface area contributed by atoms with E-state index in [2.05, 4.69) is 6.92 Å². The van der Waals surface area contributed by atoms with Gasteiger partial charge in [0, 0.05) is 15.1 Å². The number of halogens is 1. The largest absolute Gasteiger partial charge is 0.482 e. The lowest BCUT2D eigenvalue weighted by Crippen LogP contribution is -1.97. The molecule has 0 radical (unpaired) electrons. The van der Waals surface area contributed by atoms with E-state index in [1.165, 1.54) is 48.3 Å². The second-order valence-corrected chi connectivity index (χ2v) is 7.65. The zero-order valence-electron chi connectivity index (χ0n) is 12.6. The summed E-state index contributed by atoms with van der Waals surface area (Å²) in [5.41, 5.74) is 0. The van der Waals surface area contributed by atoms with E-state index in [-0.39, 0.29) is 5.82 Å². The van der Waals surface area contributed by atoms with E-state index < -0.39 is 0 Å². The smallest absolute Gasteiger partial charge is 0.211 e. The van der Waals surface area contributed by atoms with E-state index in [1.807, 2.05) is 13.8 Å². The van der Waals surface area contributed by atoms with E-state index in [0.29, 0.717) is 11.7 Å². The summed E-state index contributed by atoms with van der Waals surface area (Å²) in [5, 5.41) is 1.25. The average molecular weight is 314 g/mol. The van der Waals surface area contributed by atoms with Crippen LogP contribution in [-0.4, -0.2) is 6.61 Å². The van der Waals surface area contributed by atoms with Crippen molar-refractivity contribution in [1.82, 2.24) is 0 Å². The Labute approximate surface area is 128 Å². The highest BCUT2D eigenvalue weighted by Crippen LogP contribution is 2.43. The zero-order valence-corrected chi connectivity index (χ0v) is 14.2. The molecule has 0 aliphatic carbocycles. The van der Waals surface area contributed by atoms with Crippen LogP contribution in [0.5, 0.6) is 5.06 Å². The first kappa shape index (κ1) is 15.8. The van der Waals surface area contributed by atoms with Gasteiger partial charge in [-0.25, -0.2) is 4.39 Å². The van der Waals surface area contributed by atoms with Crippen LogP contribution in [0.1, 0.15) is 55.2 Å². The minimum absolute atomic E-state index is 0.155. The van der Waals surface area contributed by atoms with Crippen LogP contribution < -0.4 is 4.74 Å². The van der Waals surface area contributed by atoms with Crippen LogP contribution in [0.25, 0.3) is 10.1 Å². The molecular formula is C16H23FOS2. The summed E-state index contributed by atoms with van der Waals surface area (Å²) in [6.45, 7) is 6.88. The van der Waals surface area contributed by atoms with Crippen LogP contribution in [0.2, 0.25) is 0 Å². The first-order valence-electron chi connectivity index (χ1n) is 7.46. The van der Waals surface area contributed by atoms with Gasteiger partial charge in [0.15, 0.2) is 5.82 Å². The van der Waals surface area contributed by atoms with Crippen molar-refractivity contribution in [3.8, 4) is 5.06 Å². The van der Waals surface area contributed by atoms with Gasteiger partial charge in [-0.1, -0.05) is 50.4 Å². The standard InChI is InChI=1S/C16H23FOS2/c1-4-5-6-7-8-9-10-18-16-14(17)13-11(2)19-12(3)15(13)20-16/h4-10H2,1-3H3. The van der Waals surface area contributed by atoms with E-state index in [0.717, 1.165) is 21.4 Å². The van der Waals surface area contributed by atoms with Crippen LogP contribution >= 0.6 is 22.7 Å². The van der Waals surface area contributed by atoms with E-state index >= 15 is 0 Å².